The lowest BCUT2D eigenvalue weighted by Crippen LogP contribution is -2.45. The Hall–Kier alpha value is -3.02. The third-order valence-electron chi connectivity index (χ3n) is 8.03. The van der Waals surface area contributed by atoms with Crippen molar-refractivity contribution >= 4 is 11.9 Å². The van der Waals surface area contributed by atoms with E-state index in [1.54, 1.807) is 0 Å². The van der Waals surface area contributed by atoms with Crippen LogP contribution in [0.15, 0.2) is 42.5 Å². The van der Waals surface area contributed by atoms with Crippen LogP contribution in [0.1, 0.15) is 69.9 Å². The van der Waals surface area contributed by atoms with Crippen molar-refractivity contribution in [2.75, 3.05) is 0 Å². The molecule has 0 radical (unpaired) electrons. The third-order valence-corrected chi connectivity index (χ3v) is 8.03. The summed E-state index contributed by atoms with van der Waals surface area (Å²) in [4.78, 5) is 21.9. The number of aromatic hydroxyl groups is 2. The van der Waals surface area contributed by atoms with E-state index in [1.807, 2.05) is 12.1 Å². The van der Waals surface area contributed by atoms with Crippen LogP contribution in [0.4, 0.5) is 0 Å². The maximum absolute atomic E-state index is 11.4. The van der Waals surface area contributed by atoms with Crippen molar-refractivity contribution < 1.29 is 29.3 Å². The van der Waals surface area contributed by atoms with Crippen LogP contribution >= 0.6 is 0 Å². The lowest BCUT2D eigenvalue weighted by Gasteiger charge is -2.50. The van der Waals surface area contributed by atoms with Crippen molar-refractivity contribution in [1.29, 1.82) is 0 Å². The smallest absolute Gasteiger partial charge is 0.308 e. The average Bonchev–Trinajstić information content (AvgIpc) is 3.11. The molecular formula is C28H34O6. The van der Waals surface area contributed by atoms with Crippen LogP contribution < -0.4 is 4.74 Å². The molecule has 0 saturated heterocycles. The number of phenols is 2. The summed E-state index contributed by atoms with van der Waals surface area (Å²) in [5, 5.41) is 18.6. The quantitative estimate of drug-likeness (QED) is 0.449. The predicted molar refractivity (Wildman–Crippen MR) is 128 cm³/mol. The number of aryl methyl sites for hydroxylation is 1. The predicted octanol–water partition coefficient (Wildman–Crippen LogP) is 5.50. The average molecular weight is 467 g/mol. The monoisotopic (exact) mass is 466 g/mol. The van der Waals surface area contributed by atoms with Crippen LogP contribution in [0.5, 0.6) is 17.2 Å². The minimum Gasteiger partial charge on any atom is -0.508 e. The molecule has 2 fully saturated rings. The summed E-state index contributed by atoms with van der Waals surface area (Å²) in [5.41, 5.74) is 2.95. The molecule has 3 aliphatic rings. The first kappa shape index (κ1) is 24.1. The van der Waals surface area contributed by atoms with E-state index in [0.717, 1.165) is 19.3 Å². The van der Waals surface area contributed by atoms with Crippen LogP contribution in [0.2, 0.25) is 0 Å². The summed E-state index contributed by atoms with van der Waals surface area (Å²) in [5.74, 6) is 2.46. The lowest BCUT2D eigenvalue weighted by atomic mass is 9.55. The zero-order chi connectivity index (χ0) is 24.5. The van der Waals surface area contributed by atoms with Crippen molar-refractivity contribution in [3.05, 3.63) is 53.6 Å². The van der Waals surface area contributed by atoms with Crippen molar-refractivity contribution in [1.82, 2.24) is 0 Å². The molecule has 34 heavy (non-hydrogen) atoms. The zero-order valence-electron chi connectivity index (χ0n) is 20.1. The molecule has 5 rings (SSSR count). The summed E-state index contributed by atoms with van der Waals surface area (Å²) < 4.78 is 10.4. The first-order valence-electron chi connectivity index (χ1n) is 12.1. The molecule has 6 nitrogen and oxygen atoms in total. The number of carbonyl (C=O) groups excluding carboxylic acids is 2. The fraction of sp³-hybridized carbons (Fsp3) is 0.500. The molecular weight excluding hydrogens is 432 g/mol. The number of carbonyl (C=O) groups is 2. The van der Waals surface area contributed by atoms with Crippen LogP contribution in [-0.4, -0.2) is 28.3 Å². The molecule has 2 saturated carbocycles. The van der Waals surface area contributed by atoms with Gasteiger partial charge >= 0.3 is 11.9 Å². The molecule has 5 atom stereocenters. The molecule has 2 aromatic rings. The number of phenolic OH excluding ortho intramolecular Hbond substituents is 2. The molecule has 0 heterocycles. The number of ether oxygens (including phenoxy) is 2. The topological polar surface area (TPSA) is 93.1 Å². The first-order valence-corrected chi connectivity index (χ1v) is 12.1. The van der Waals surface area contributed by atoms with E-state index < -0.39 is 0 Å². The van der Waals surface area contributed by atoms with Gasteiger partial charge in [0, 0.05) is 19.3 Å². The minimum absolute atomic E-state index is 0.104. The summed E-state index contributed by atoms with van der Waals surface area (Å²) in [6, 6.07) is 11.9. The molecule has 5 unspecified atom stereocenters. The van der Waals surface area contributed by atoms with Gasteiger partial charge in [0.05, 0.1) is 0 Å². The number of fused-ring (bicyclic) bond motifs is 5. The van der Waals surface area contributed by atoms with Gasteiger partial charge < -0.3 is 19.7 Å². The summed E-state index contributed by atoms with van der Waals surface area (Å²) in [6.07, 6.45) is 6.89. The Kier molecular flexibility index (Phi) is 6.87. The van der Waals surface area contributed by atoms with Crippen molar-refractivity contribution in [2.45, 2.75) is 71.3 Å². The standard InChI is InChI=1S/C20H26O3.C8H8O3/c1-12(21)23-19-8-7-18-17-5-3-13-11-14(22)4-6-15(13)16(17)9-10-20(18,19)2;1-6(9)11-8-4-2-7(10)3-5-8/h4,6,11,16-19,22H,3,5,7-10H2,1-2H3;2-5,10H,1H3. The third kappa shape index (κ3) is 4.91. The van der Waals surface area contributed by atoms with Gasteiger partial charge in [0.25, 0.3) is 0 Å². The van der Waals surface area contributed by atoms with Gasteiger partial charge in [0.2, 0.25) is 0 Å². The molecule has 2 aromatic carbocycles. The fourth-order valence-corrected chi connectivity index (χ4v) is 6.59. The van der Waals surface area contributed by atoms with Gasteiger partial charge in [0.15, 0.2) is 0 Å². The molecule has 2 N–H and O–H groups in total. The van der Waals surface area contributed by atoms with Crippen LogP contribution in [-0.2, 0) is 20.7 Å². The van der Waals surface area contributed by atoms with E-state index in [0.29, 0.717) is 29.3 Å². The minimum atomic E-state index is -0.365. The van der Waals surface area contributed by atoms with E-state index in [1.165, 1.54) is 68.5 Å². The normalized spacial score (nSPS) is 28.9. The van der Waals surface area contributed by atoms with E-state index in [-0.39, 0.29) is 29.2 Å². The fourth-order valence-electron chi connectivity index (χ4n) is 6.59. The summed E-state index contributed by atoms with van der Waals surface area (Å²) >= 11 is 0. The highest BCUT2D eigenvalue weighted by molar-refractivity contribution is 5.69. The maximum Gasteiger partial charge on any atom is 0.308 e. The number of hydrogen-bond donors (Lipinski definition) is 2. The number of hydrogen-bond acceptors (Lipinski definition) is 6. The van der Waals surface area contributed by atoms with E-state index in [4.69, 9.17) is 14.6 Å². The second-order valence-electron chi connectivity index (χ2n) is 10.1. The second kappa shape index (κ2) is 9.69. The maximum atomic E-state index is 11.4. The molecule has 0 aliphatic heterocycles. The van der Waals surface area contributed by atoms with Gasteiger partial charge in [-0.2, -0.15) is 0 Å². The largest absolute Gasteiger partial charge is 0.508 e. The van der Waals surface area contributed by atoms with Gasteiger partial charge in [-0.05, 0) is 104 Å². The van der Waals surface area contributed by atoms with Crippen LogP contribution in [0.25, 0.3) is 0 Å². The Balaban J connectivity index is 0.000000210. The van der Waals surface area contributed by atoms with Crippen molar-refractivity contribution in [3.63, 3.8) is 0 Å². The lowest BCUT2D eigenvalue weighted by molar-refractivity contribution is -0.154. The van der Waals surface area contributed by atoms with Gasteiger partial charge in [-0.1, -0.05) is 13.0 Å². The highest BCUT2D eigenvalue weighted by atomic mass is 16.5. The van der Waals surface area contributed by atoms with Gasteiger partial charge in [-0.25, -0.2) is 0 Å². The van der Waals surface area contributed by atoms with Gasteiger partial charge in [0.1, 0.15) is 23.4 Å². The Morgan fingerprint density at radius 2 is 1.62 bits per heavy atom. The number of benzene rings is 2. The Morgan fingerprint density at radius 3 is 2.29 bits per heavy atom. The Morgan fingerprint density at radius 1 is 0.912 bits per heavy atom. The number of esters is 2. The van der Waals surface area contributed by atoms with Crippen LogP contribution in [0, 0.1) is 17.3 Å². The first-order chi connectivity index (χ1) is 16.2. The highest BCUT2D eigenvalue weighted by Gasteiger charge is 2.56. The summed E-state index contributed by atoms with van der Waals surface area (Å²) in [7, 11) is 0. The number of rotatable bonds is 2. The Bertz CT molecular complexity index is 1050. The zero-order valence-corrected chi connectivity index (χ0v) is 20.1. The molecule has 6 heteroatoms. The van der Waals surface area contributed by atoms with E-state index in [9.17, 15) is 14.7 Å². The van der Waals surface area contributed by atoms with Gasteiger partial charge in [-0.15, -0.1) is 0 Å². The molecule has 0 aromatic heterocycles. The molecule has 0 amide bonds. The van der Waals surface area contributed by atoms with E-state index in [2.05, 4.69) is 13.0 Å². The Labute approximate surface area is 200 Å². The molecule has 3 aliphatic carbocycles. The van der Waals surface area contributed by atoms with Gasteiger partial charge in [-0.3, -0.25) is 9.59 Å². The second-order valence-corrected chi connectivity index (χ2v) is 10.1. The van der Waals surface area contributed by atoms with Crippen molar-refractivity contribution in [3.8, 4) is 17.2 Å². The van der Waals surface area contributed by atoms with E-state index >= 15 is 0 Å². The summed E-state index contributed by atoms with van der Waals surface area (Å²) in [6.45, 7) is 5.21. The van der Waals surface area contributed by atoms with Crippen LogP contribution in [0.3, 0.4) is 0 Å². The molecule has 0 bridgehead atoms. The molecule has 182 valence electrons. The highest BCUT2D eigenvalue weighted by Crippen LogP contribution is 2.61. The van der Waals surface area contributed by atoms with Crippen molar-refractivity contribution in [2.24, 2.45) is 17.3 Å². The SMILES string of the molecule is CC(=O)OC1CCC2C3CCc4cc(O)ccc4C3CCC12C.CC(=O)Oc1ccc(O)cc1. The molecule has 0 spiro atoms.